The van der Waals surface area contributed by atoms with Crippen molar-refractivity contribution in [2.24, 2.45) is 11.8 Å². The average molecular weight is 266 g/mol. The summed E-state index contributed by atoms with van der Waals surface area (Å²) in [7, 11) is 2.03. The summed E-state index contributed by atoms with van der Waals surface area (Å²) in [5.74, 6) is 1.77. The highest BCUT2D eigenvalue weighted by Gasteiger charge is 2.34. The molecule has 2 rings (SSSR count). The van der Waals surface area contributed by atoms with Crippen LogP contribution in [0.3, 0.4) is 0 Å². The summed E-state index contributed by atoms with van der Waals surface area (Å²) >= 11 is 5.83. The molecule has 1 aromatic rings. The summed E-state index contributed by atoms with van der Waals surface area (Å²) in [6, 6.07) is 7.07. The molecule has 3 heteroatoms. The molecule has 0 saturated heterocycles. The molecule has 0 aliphatic heterocycles. The third-order valence-corrected chi connectivity index (χ3v) is 4.22. The zero-order chi connectivity index (χ0) is 13.3. The molecule has 0 aromatic heterocycles. The van der Waals surface area contributed by atoms with Crippen LogP contribution in [0.5, 0.6) is 0 Å². The Morgan fingerprint density at radius 2 is 2.00 bits per heavy atom. The van der Waals surface area contributed by atoms with Gasteiger partial charge in [0.05, 0.1) is 6.04 Å². The number of likely N-dealkylation sites (N-methyl/N-ethyl adjacent to an activating group) is 1. The van der Waals surface area contributed by atoms with Gasteiger partial charge in [-0.3, -0.25) is 9.69 Å². The van der Waals surface area contributed by atoms with Crippen LogP contribution in [-0.2, 0) is 0 Å². The van der Waals surface area contributed by atoms with Gasteiger partial charge in [0.2, 0.25) is 0 Å². The Morgan fingerprint density at radius 1 is 1.44 bits per heavy atom. The summed E-state index contributed by atoms with van der Waals surface area (Å²) < 4.78 is 0. The van der Waals surface area contributed by atoms with Gasteiger partial charge in [-0.15, -0.1) is 0 Å². The predicted octanol–water partition coefficient (Wildman–Crippen LogP) is 3.50. The van der Waals surface area contributed by atoms with Crippen molar-refractivity contribution in [3.8, 4) is 0 Å². The zero-order valence-electron chi connectivity index (χ0n) is 11.2. The van der Waals surface area contributed by atoms with Gasteiger partial charge < -0.3 is 0 Å². The highest BCUT2D eigenvalue weighted by Crippen LogP contribution is 2.38. The molecular weight excluding hydrogens is 246 g/mol. The molecule has 2 nitrogen and oxygen atoms in total. The standard InChI is InChI=1S/C15H20ClNO/c1-10-8-13(10)9-17(3)11(2)15(18)12-4-6-14(16)7-5-12/h4-7,10-11,13H,8-9H2,1-3H3. The lowest BCUT2D eigenvalue weighted by Crippen LogP contribution is -2.37. The molecule has 0 N–H and O–H groups in total. The predicted molar refractivity (Wildman–Crippen MR) is 75.1 cm³/mol. The van der Waals surface area contributed by atoms with Crippen LogP contribution >= 0.6 is 11.6 Å². The number of Topliss-reactive ketones (excluding diaryl/α,β-unsaturated/α-hetero) is 1. The quantitative estimate of drug-likeness (QED) is 0.760. The first-order valence-corrected chi connectivity index (χ1v) is 6.87. The highest BCUT2D eigenvalue weighted by atomic mass is 35.5. The van der Waals surface area contributed by atoms with E-state index in [9.17, 15) is 4.79 Å². The third kappa shape index (κ3) is 3.12. The van der Waals surface area contributed by atoms with Gasteiger partial charge in [0.1, 0.15) is 0 Å². The van der Waals surface area contributed by atoms with Gasteiger partial charge in [-0.05, 0) is 56.5 Å². The monoisotopic (exact) mass is 265 g/mol. The number of hydrogen-bond donors (Lipinski definition) is 0. The Hall–Kier alpha value is -0.860. The SMILES string of the molecule is CC1CC1CN(C)C(C)C(=O)c1ccc(Cl)cc1. The molecule has 3 atom stereocenters. The summed E-state index contributed by atoms with van der Waals surface area (Å²) in [5.41, 5.74) is 0.739. The Kier molecular flexibility index (Phi) is 4.08. The molecule has 0 radical (unpaired) electrons. The summed E-state index contributed by atoms with van der Waals surface area (Å²) in [6.45, 7) is 5.26. The van der Waals surface area contributed by atoms with Crippen molar-refractivity contribution in [2.75, 3.05) is 13.6 Å². The number of hydrogen-bond acceptors (Lipinski definition) is 2. The van der Waals surface area contributed by atoms with Crippen LogP contribution in [0.1, 0.15) is 30.6 Å². The first-order valence-electron chi connectivity index (χ1n) is 6.49. The number of rotatable bonds is 5. The topological polar surface area (TPSA) is 20.3 Å². The number of carbonyl (C=O) groups is 1. The van der Waals surface area contributed by atoms with E-state index in [1.54, 1.807) is 24.3 Å². The molecule has 3 unspecified atom stereocenters. The van der Waals surface area contributed by atoms with Crippen molar-refractivity contribution in [1.82, 2.24) is 4.90 Å². The number of nitrogens with zero attached hydrogens (tertiary/aromatic N) is 1. The third-order valence-electron chi connectivity index (χ3n) is 3.97. The summed E-state index contributed by atoms with van der Waals surface area (Å²) in [6.07, 6.45) is 1.30. The lowest BCUT2D eigenvalue weighted by atomic mass is 10.0. The average Bonchev–Trinajstić information content (AvgIpc) is 3.04. The summed E-state index contributed by atoms with van der Waals surface area (Å²) in [4.78, 5) is 14.5. The Morgan fingerprint density at radius 3 is 2.50 bits per heavy atom. The van der Waals surface area contributed by atoms with Gasteiger partial charge in [0.25, 0.3) is 0 Å². The molecule has 1 aromatic carbocycles. The van der Waals surface area contributed by atoms with Crippen molar-refractivity contribution >= 4 is 17.4 Å². The minimum Gasteiger partial charge on any atom is -0.296 e. The van der Waals surface area contributed by atoms with E-state index < -0.39 is 0 Å². The molecule has 0 bridgehead atoms. The second kappa shape index (κ2) is 5.41. The maximum atomic E-state index is 12.3. The van der Waals surface area contributed by atoms with E-state index in [1.807, 2.05) is 14.0 Å². The second-order valence-electron chi connectivity index (χ2n) is 5.46. The van der Waals surface area contributed by atoms with E-state index in [4.69, 9.17) is 11.6 Å². The van der Waals surface area contributed by atoms with Gasteiger partial charge in [-0.2, -0.15) is 0 Å². The van der Waals surface area contributed by atoms with Crippen LogP contribution in [0.25, 0.3) is 0 Å². The smallest absolute Gasteiger partial charge is 0.179 e. The Bertz CT molecular complexity index is 429. The maximum Gasteiger partial charge on any atom is 0.179 e. The van der Waals surface area contributed by atoms with Crippen LogP contribution < -0.4 is 0 Å². The van der Waals surface area contributed by atoms with Crippen LogP contribution in [0.15, 0.2) is 24.3 Å². The van der Waals surface area contributed by atoms with Crippen LogP contribution in [-0.4, -0.2) is 30.3 Å². The van der Waals surface area contributed by atoms with Crippen LogP contribution in [0, 0.1) is 11.8 Å². The van der Waals surface area contributed by atoms with Gasteiger partial charge >= 0.3 is 0 Å². The first-order chi connectivity index (χ1) is 8.49. The van der Waals surface area contributed by atoms with E-state index in [-0.39, 0.29) is 11.8 Å². The van der Waals surface area contributed by atoms with Gasteiger partial charge in [-0.25, -0.2) is 0 Å². The van der Waals surface area contributed by atoms with Crippen molar-refractivity contribution in [1.29, 1.82) is 0 Å². The first kappa shape index (κ1) is 13.6. The molecule has 1 saturated carbocycles. The summed E-state index contributed by atoms with van der Waals surface area (Å²) in [5, 5.41) is 0.666. The van der Waals surface area contributed by atoms with Crippen molar-refractivity contribution < 1.29 is 4.79 Å². The normalized spacial score (nSPS) is 24.1. The molecule has 18 heavy (non-hydrogen) atoms. The lowest BCUT2D eigenvalue weighted by molar-refractivity contribution is 0.0863. The van der Waals surface area contributed by atoms with Crippen molar-refractivity contribution in [2.45, 2.75) is 26.3 Å². The second-order valence-corrected chi connectivity index (χ2v) is 5.90. The van der Waals surface area contributed by atoms with Crippen LogP contribution in [0.4, 0.5) is 0 Å². The lowest BCUT2D eigenvalue weighted by Gasteiger charge is -2.23. The number of carbonyl (C=O) groups excluding carboxylic acids is 1. The minimum absolute atomic E-state index is 0.0704. The molecule has 1 fully saturated rings. The van der Waals surface area contributed by atoms with Crippen molar-refractivity contribution in [3.05, 3.63) is 34.9 Å². The van der Waals surface area contributed by atoms with E-state index in [2.05, 4.69) is 11.8 Å². The molecule has 98 valence electrons. The fourth-order valence-corrected chi connectivity index (χ4v) is 2.36. The minimum atomic E-state index is -0.0704. The van der Waals surface area contributed by atoms with E-state index >= 15 is 0 Å². The maximum absolute atomic E-state index is 12.3. The number of halogens is 1. The van der Waals surface area contributed by atoms with Gasteiger partial charge in [0.15, 0.2) is 5.78 Å². The molecule has 1 aliphatic carbocycles. The molecule has 1 aliphatic rings. The zero-order valence-corrected chi connectivity index (χ0v) is 11.9. The Balaban J connectivity index is 1.97. The fourth-order valence-electron chi connectivity index (χ4n) is 2.24. The Labute approximate surface area is 114 Å². The van der Waals surface area contributed by atoms with E-state index in [0.717, 1.165) is 23.9 Å². The largest absolute Gasteiger partial charge is 0.296 e. The van der Waals surface area contributed by atoms with E-state index in [1.165, 1.54) is 6.42 Å². The fraction of sp³-hybridized carbons (Fsp3) is 0.533. The van der Waals surface area contributed by atoms with E-state index in [0.29, 0.717) is 5.02 Å². The molecule has 0 amide bonds. The number of benzene rings is 1. The molecule has 0 spiro atoms. The molecular formula is C15H20ClNO. The van der Waals surface area contributed by atoms with Gasteiger partial charge in [0, 0.05) is 17.1 Å². The number of ketones is 1. The van der Waals surface area contributed by atoms with Gasteiger partial charge in [-0.1, -0.05) is 18.5 Å². The van der Waals surface area contributed by atoms with Crippen LogP contribution in [0.2, 0.25) is 5.02 Å². The molecule has 0 heterocycles. The van der Waals surface area contributed by atoms with Crippen molar-refractivity contribution in [3.63, 3.8) is 0 Å². The highest BCUT2D eigenvalue weighted by molar-refractivity contribution is 6.30.